The quantitative estimate of drug-likeness (QED) is 0.639. The molecular weight excluding hydrogens is 370 g/mol. The second-order valence-corrected chi connectivity index (χ2v) is 7.78. The summed E-state index contributed by atoms with van der Waals surface area (Å²) in [6.07, 6.45) is 1.55. The zero-order valence-corrected chi connectivity index (χ0v) is 17.9. The fraction of sp³-hybridized carbons (Fsp3) is 0.435. The fourth-order valence-electron chi connectivity index (χ4n) is 2.87. The Labute approximate surface area is 172 Å². The van der Waals surface area contributed by atoms with E-state index in [9.17, 15) is 4.79 Å². The highest BCUT2D eigenvalue weighted by atomic mass is 16.6. The van der Waals surface area contributed by atoms with Gasteiger partial charge in [0.2, 0.25) is 0 Å². The Hall–Kier alpha value is -2.73. The Bertz CT molecular complexity index is 813. The van der Waals surface area contributed by atoms with Crippen LogP contribution >= 0.6 is 0 Å². The van der Waals surface area contributed by atoms with Gasteiger partial charge in [-0.05, 0) is 69.0 Å². The molecule has 0 heterocycles. The maximum atomic E-state index is 11.8. The number of methoxy groups -OCH3 is 2. The van der Waals surface area contributed by atoms with Crippen LogP contribution in [0.15, 0.2) is 42.5 Å². The summed E-state index contributed by atoms with van der Waals surface area (Å²) in [6, 6.07) is 13.2. The van der Waals surface area contributed by atoms with E-state index in [2.05, 4.69) is 0 Å². The van der Waals surface area contributed by atoms with Crippen molar-refractivity contribution in [1.82, 2.24) is 0 Å². The molecule has 0 saturated heterocycles. The molecule has 6 nitrogen and oxygen atoms in total. The summed E-state index contributed by atoms with van der Waals surface area (Å²) in [7, 11) is 3.24. The first kappa shape index (κ1) is 22.6. The van der Waals surface area contributed by atoms with Gasteiger partial charge >= 0.3 is 5.97 Å². The van der Waals surface area contributed by atoms with Gasteiger partial charge in [-0.2, -0.15) is 0 Å². The van der Waals surface area contributed by atoms with Crippen LogP contribution in [0.25, 0.3) is 0 Å². The average molecular weight is 402 g/mol. The highest BCUT2D eigenvalue weighted by molar-refractivity contribution is 5.71. The molecule has 0 aliphatic carbocycles. The molecule has 158 valence electrons. The smallest absolute Gasteiger partial charge is 0.344 e. The Morgan fingerprint density at radius 2 is 1.76 bits per heavy atom. The Morgan fingerprint density at radius 3 is 2.41 bits per heavy atom. The van der Waals surface area contributed by atoms with Crippen molar-refractivity contribution in [2.45, 2.75) is 45.3 Å². The third-order valence-electron chi connectivity index (χ3n) is 4.25. The molecule has 0 aromatic heterocycles. The van der Waals surface area contributed by atoms with Crippen molar-refractivity contribution in [1.29, 1.82) is 0 Å². The van der Waals surface area contributed by atoms with E-state index in [1.165, 1.54) is 0 Å². The van der Waals surface area contributed by atoms with Crippen LogP contribution in [0.4, 0.5) is 0 Å². The van der Waals surface area contributed by atoms with Crippen molar-refractivity contribution in [3.05, 3.63) is 53.6 Å². The molecule has 0 radical (unpaired) electrons. The summed E-state index contributed by atoms with van der Waals surface area (Å²) in [6.45, 7) is 5.33. The lowest BCUT2D eigenvalue weighted by atomic mass is 9.99. The van der Waals surface area contributed by atoms with E-state index in [1.807, 2.05) is 57.2 Å². The number of benzene rings is 2. The molecule has 0 amide bonds. The number of carbonyl (C=O) groups is 1. The van der Waals surface area contributed by atoms with E-state index in [0.717, 1.165) is 24.0 Å². The lowest BCUT2D eigenvalue weighted by molar-refractivity contribution is -0.157. The first-order valence-corrected chi connectivity index (χ1v) is 9.63. The molecule has 2 N–H and O–H groups in total. The maximum Gasteiger partial charge on any atom is 0.344 e. The summed E-state index contributed by atoms with van der Waals surface area (Å²) in [4.78, 5) is 11.8. The standard InChI is InChI=1S/C23H31NO5/c1-23(2,3)29-22(25)15-28-18-8-6-7-17(14-18)19(24)11-9-16-10-12-20(26-4)21(13-16)27-5/h6-8,10,12-14,19H,9,11,15,24H2,1-5H3/t19-/m1/s1. The summed E-state index contributed by atoms with van der Waals surface area (Å²) in [5, 5.41) is 0. The Balaban J connectivity index is 1.93. The number of carbonyl (C=O) groups excluding carboxylic acids is 1. The topological polar surface area (TPSA) is 80.0 Å². The zero-order valence-electron chi connectivity index (χ0n) is 17.9. The lowest BCUT2D eigenvalue weighted by Crippen LogP contribution is -2.27. The minimum absolute atomic E-state index is 0.137. The van der Waals surface area contributed by atoms with Crippen molar-refractivity contribution in [3.8, 4) is 17.2 Å². The van der Waals surface area contributed by atoms with Gasteiger partial charge in [-0.3, -0.25) is 0 Å². The van der Waals surface area contributed by atoms with E-state index in [-0.39, 0.29) is 12.6 Å². The maximum absolute atomic E-state index is 11.8. The Kier molecular flexibility index (Phi) is 7.91. The molecule has 2 rings (SSSR count). The monoisotopic (exact) mass is 401 g/mol. The predicted octanol–water partition coefficient (Wildman–Crippen LogP) is 4.06. The van der Waals surface area contributed by atoms with Crippen LogP contribution in [0.1, 0.15) is 44.4 Å². The lowest BCUT2D eigenvalue weighted by Gasteiger charge is -2.19. The van der Waals surface area contributed by atoms with E-state index >= 15 is 0 Å². The molecule has 6 heteroatoms. The van der Waals surface area contributed by atoms with Crippen LogP contribution in [0.2, 0.25) is 0 Å². The minimum Gasteiger partial charge on any atom is -0.493 e. The molecule has 1 atom stereocenters. The van der Waals surface area contributed by atoms with Gasteiger partial charge in [-0.25, -0.2) is 4.79 Å². The second kappa shape index (κ2) is 10.2. The molecule has 2 aromatic rings. The third-order valence-corrected chi connectivity index (χ3v) is 4.25. The van der Waals surface area contributed by atoms with Crippen molar-refractivity contribution in [2.24, 2.45) is 5.73 Å². The number of ether oxygens (including phenoxy) is 4. The number of hydrogen-bond donors (Lipinski definition) is 1. The Morgan fingerprint density at radius 1 is 1.03 bits per heavy atom. The summed E-state index contributed by atoms with van der Waals surface area (Å²) >= 11 is 0. The summed E-state index contributed by atoms with van der Waals surface area (Å²) in [5.74, 6) is 1.60. The molecule has 0 saturated carbocycles. The minimum atomic E-state index is -0.533. The second-order valence-electron chi connectivity index (χ2n) is 7.78. The van der Waals surface area contributed by atoms with Gasteiger partial charge in [0.05, 0.1) is 14.2 Å². The van der Waals surface area contributed by atoms with Gasteiger partial charge in [0, 0.05) is 6.04 Å². The highest BCUT2D eigenvalue weighted by Gasteiger charge is 2.17. The van der Waals surface area contributed by atoms with Crippen LogP contribution in [0.5, 0.6) is 17.2 Å². The van der Waals surface area contributed by atoms with Crippen molar-refractivity contribution < 1.29 is 23.7 Å². The number of rotatable bonds is 9. The number of hydrogen-bond acceptors (Lipinski definition) is 6. The summed E-state index contributed by atoms with van der Waals surface area (Å²) in [5.41, 5.74) is 7.91. The molecule has 0 aliphatic rings. The first-order valence-electron chi connectivity index (χ1n) is 9.63. The fourth-order valence-corrected chi connectivity index (χ4v) is 2.87. The van der Waals surface area contributed by atoms with Crippen molar-refractivity contribution in [2.75, 3.05) is 20.8 Å². The molecule has 0 bridgehead atoms. The SMILES string of the molecule is COc1ccc(CC[C@@H](N)c2cccc(OCC(=O)OC(C)(C)C)c2)cc1OC. The van der Waals surface area contributed by atoms with Crippen LogP contribution in [-0.4, -0.2) is 32.4 Å². The third kappa shape index (κ3) is 7.31. The highest BCUT2D eigenvalue weighted by Crippen LogP contribution is 2.29. The van der Waals surface area contributed by atoms with Crippen molar-refractivity contribution >= 4 is 5.97 Å². The molecular formula is C23H31NO5. The van der Waals surface area contributed by atoms with Gasteiger partial charge in [0.25, 0.3) is 0 Å². The molecule has 0 unspecified atom stereocenters. The molecule has 0 fully saturated rings. The molecule has 29 heavy (non-hydrogen) atoms. The number of aryl methyl sites for hydroxylation is 1. The van der Waals surface area contributed by atoms with Crippen molar-refractivity contribution in [3.63, 3.8) is 0 Å². The van der Waals surface area contributed by atoms with E-state index in [4.69, 9.17) is 24.7 Å². The van der Waals surface area contributed by atoms with E-state index in [0.29, 0.717) is 17.2 Å². The van der Waals surface area contributed by atoms with Crippen LogP contribution in [0.3, 0.4) is 0 Å². The first-order chi connectivity index (χ1) is 13.7. The van der Waals surface area contributed by atoms with Gasteiger partial charge < -0.3 is 24.7 Å². The largest absolute Gasteiger partial charge is 0.493 e. The van der Waals surface area contributed by atoms with Gasteiger partial charge in [0.1, 0.15) is 11.4 Å². The van der Waals surface area contributed by atoms with Gasteiger partial charge in [-0.1, -0.05) is 18.2 Å². The number of nitrogens with two attached hydrogens (primary N) is 1. The molecule has 2 aromatic carbocycles. The average Bonchev–Trinajstić information content (AvgIpc) is 2.69. The van der Waals surface area contributed by atoms with Gasteiger partial charge in [-0.15, -0.1) is 0 Å². The normalized spacial score (nSPS) is 12.2. The van der Waals surface area contributed by atoms with Crippen LogP contribution < -0.4 is 19.9 Å². The van der Waals surface area contributed by atoms with E-state index < -0.39 is 11.6 Å². The van der Waals surface area contributed by atoms with Gasteiger partial charge in [0.15, 0.2) is 18.1 Å². The zero-order chi connectivity index (χ0) is 21.4. The molecule has 0 spiro atoms. The van der Waals surface area contributed by atoms with Crippen LogP contribution in [0, 0.1) is 0 Å². The number of esters is 1. The van der Waals surface area contributed by atoms with E-state index in [1.54, 1.807) is 20.3 Å². The predicted molar refractivity (Wildman–Crippen MR) is 113 cm³/mol. The molecule has 0 aliphatic heterocycles. The van der Waals surface area contributed by atoms with Crippen LogP contribution in [-0.2, 0) is 16.0 Å². The summed E-state index contributed by atoms with van der Waals surface area (Å²) < 4.78 is 21.4.